The fourth-order valence-corrected chi connectivity index (χ4v) is 7.54. The fraction of sp³-hybridized carbons (Fsp3) is 0. The average molecular weight is 655 g/mol. The predicted octanol–water partition coefficient (Wildman–Crippen LogP) is 11.8. The van der Waals surface area contributed by atoms with Gasteiger partial charge in [-0.2, -0.15) is 0 Å². The summed E-state index contributed by atoms with van der Waals surface area (Å²) in [5.41, 5.74) is 9.33. The topological polar surface area (TPSA) is 69.9 Å². The van der Waals surface area contributed by atoms with Crippen LogP contribution in [0.5, 0.6) is 0 Å². The van der Waals surface area contributed by atoms with Crippen molar-refractivity contribution in [1.82, 2.24) is 19.5 Å². The number of fused-ring (bicyclic) bond motifs is 10. The number of para-hydroxylation sites is 2. The van der Waals surface area contributed by atoms with Crippen molar-refractivity contribution in [2.24, 2.45) is 0 Å². The normalized spacial score (nSPS) is 11.9. The second-order valence-corrected chi connectivity index (χ2v) is 12.8. The molecule has 0 saturated heterocycles. The maximum absolute atomic E-state index is 6.60. The molecular weight excluding hydrogens is 629 g/mol. The first kappa shape index (κ1) is 27.9. The first-order valence-corrected chi connectivity index (χ1v) is 16.9. The van der Waals surface area contributed by atoms with E-state index in [4.69, 9.17) is 23.8 Å². The lowest BCUT2D eigenvalue weighted by molar-refractivity contribution is 0.662. The Morgan fingerprint density at radius 3 is 1.49 bits per heavy atom. The SMILES string of the molecule is c1ccc(-c2nc(-c3ccccc3)nc(-c3ccc4oc5ccc6oc7cc(-n8c9ccccc9c9ccccc98)ccc7c6c5c4c3)n2)cc1. The van der Waals surface area contributed by atoms with E-state index in [1.165, 1.54) is 10.8 Å². The summed E-state index contributed by atoms with van der Waals surface area (Å²) in [6, 6.07) is 53.8. The molecule has 238 valence electrons. The number of benzene rings is 7. The van der Waals surface area contributed by atoms with E-state index in [1.54, 1.807) is 0 Å². The van der Waals surface area contributed by atoms with Crippen LogP contribution < -0.4 is 0 Å². The zero-order chi connectivity index (χ0) is 33.5. The summed E-state index contributed by atoms with van der Waals surface area (Å²) >= 11 is 0. The van der Waals surface area contributed by atoms with Crippen LogP contribution in [0.4, 0.5) is 0 Å². The van der Waals surface area contributed by atoms with Gasteiger partial charge in [-0.25, -0.2) is 15.0 Å². The number of rotatable bonds is 4. The molecule has 0 aliphatic carbocycles. The van der Waals surface area contributed by atoms with Gasteiger partial charge in [0.25, 0.3) is 0 Å². The molecule has 0 amide bonds. The molecule has 0 spiro atoms. The summed E-state index contributed by atoms with van der Waals surface area (Å²) in [5, 5.41) is 6.50. The number of hydrogen-bond acceptors (Lipinski definition) is 5. The van der Waals surface area contributed by atoms with Gasteiger partial charge in [-0.3, -0.25) is 0 Å². The Morgan fingerprint density at radius 1 is 0.353 bits per heavy atom. The average Bonchev–Trinajstić information content (AvgIpc) is 3.87. The Hall–Kier alpha value is -7.05. The molecule has 0 aliphatic heterocycles. The molecule has 0 aliphatic rings. The van der Waals surface area contributed by atoms with Gasteiger partial charge in [0, 0.05) is 60.8 Å². The first-order chi connectivity index (χ1) is 25.3. The van der Waals surface area contributed by atoms with Crippen molar-refractivity contribution in [3.63, 3.8) is 0 Å². The van der Waals surface area contributed by atoms with Gasteiger partial charge in [0.1, 0.15) is 22.3 Å². The van der Waals surface area contributed by atoms with Crippen LogP contribution in [0, 0.1) is 0 Å². The van der Waals surface area contributed by atoms with Crippen LogP contribution >= 0.6 is 0 Å². The second-order valence-electron chi connectivity index (χ2n) is 12.8. The zero-order valence-electron chi connectivity index (χ0n) is 27.1. The third-order valence-corrected chi connectivity index (χ3v) is 9.85. The first-order valence-electron chi connectivity index (χ1n) is 16.9. The minimum atomic E-state index is 0.596. The maximum atomic E-state index is 6.60. The van der Waals surface area contributed by atoms with Crippen molar-refractivity contribution in [3.8, 4) is 39.9 Å². The van der Waals surface area contributed by atoms with E-state index >= 15 is 0 Å². The van der Waals surface area contributed by atoms with Gasteiger partial charge in [0.05, 0.1) is 11.0 Å². The fourth-order valence-electron chi connectivity index (χ4n) is 7.54. The molecule has 0 fully saturated rings. The van der Waals surface area contributed by atoms with Crippen LogP contribution in [-0.2, 0) is 0 Å². The quantitative estimate of drug-likeness (QED) is 0.189. The van der Waals surface area contributed by atoms with Crippen molar-refractivity contribution < 1.29 is 8.83 Å². The zero-order valence-corrected chi connectivity index (χ0v) is 27.1. The summed E-state index contributed by atoms with van der Waals surface area (Å²) < 4.78 is 15.3. The van der Waals surface area contributed by atoms with E-state index < -0.39 is 0 Å². The molecule has 0 radical (unpaired) electrons. The highest BCUT2D eigenvalue weighted by Crippen LogP contribution is 2.42. The molecule has 4 aromatic heterocycles. The molecule has 6 nitrogen and oxygen atoms in total. The molecule has 0 saturated carbocycles. The second kappa shape index (κ2) is 10.7. The number of hydrogen-bond donors (Lipinski definition) is 0. The van der Waals surface area contributed by atoms with Crippen molar-refractivity contribution in [2.75, 3.05) is 0 Å². The molecule has 11 rings (SSSR count). The lowest BCUT2D eigenvalue weighted by Gasteiger charge is -2.08. The summed E-state index contributed by atoms with van der Waals surface area (Å²) in [4.78, 5) is 14.8. The molecule has 0 atom stereocenters. The van der Waals surface area contributed by atoms with Gasteiger partial charge >= 0.3 is 0 Å². The largest absolute Gasteiger partial charge is 0.456 e. The molecule has 0 unspecified atom stereocenters. The Balaban J connectivity index is 1.11. The van der Waals surface area contributed by atoms with Crippen molar-refractivity contribution >= 4 is 65.7 Å². The van der Waals surface area contributed by atoms with E-state index in [9.17, 15) is 0 Å². The number of nitrogens with zero attached hydrogens (tertiary/aromatic N) is 4. The van der Waals surface area contributed by atoms with Crippen molar-refractivity contribution in [3.05, 3.63) is 158 Å². The molecule has 4 heterocycles. The van der Waals surface area contributed by atoms with Crippen molar-refractivity contribution in [2.45, 2.75) is 0 Å². The third-order valence-electron chi connectivity index (χ3n) is 9.85. The van der Waals surface area contributed by atoms with Gasteiger partial charge in [-0.05, 0) is 54.6 Å². The molecule has 7 aromatic carbocycles. The van der Waals surface area contributed by atoms with E-state index in [0.29, 0.717) is 17.5 Å². The molecule has 6 heteroatoms. The summed E-state index contributed by atoms with van der Waals surface area (Å²) in [6.07, 6.45) is 0. The van der Waals surface area contributed by atoms with Gasteiger partial charge < -0.3 is 13.4 Å². The van der Waals surface area contributed by atoms with Gasteiger partial charge in [-0.1, -0.05) is 97.1 Å². The van der Waals surface area contributed by atoms with E-state index in [0.717, 1.165) is 77.3 Å². The van der Waals surface area contributed by atoms with Crippen LogP contribution in [0.25, 0.3) is 106 Å². The molecule has 51 heavy (non-hydrogen) atoms. The van der Waals surface area contributed by atoms with Crippen LogP contribution in [0.3, 0.4) is 0 Å². The number of aromatic nitrogens is 4. The van der Waals surface area contributed by atoms with E-state index in [-0.39, 0.29) is 0 Å². The lowest BCUT2D eigenvalue weighted by atomic mass is 10.0. The van der Waals surface area contributed by atoms with E-state index in [2.05, 4.69) is 77.4 Å². The van der Waals surface area contributed by atoms with Crippen LogP contribution in [0.1, 0.15) is 0 Å². The smallest absolute Gasteiger partial charge is 0.164 e. The standard InChI is InChI=1S/C45H26N4O2/c1-3-11-27(12-4-1)43-46-44(28-13-5-2-6-14-28)48-45(47-43)29-19-22-37-34(25-29)42-39(50-37)24-23-38-41(42)33-21-20-30(26-40(33)51-38)49-35-17-9-7-15-31(35)32-16-8-10-18-36(32)49/h1-26H. The van der Waals surface area contributed by atoms with Crippen LogP contribution in [-0.4, -0.2) is 19.5 Å². The Labute approximate surface area is 290 Å². The third kappa shape index (κ3) is 4.26. The maximum Gasteiger partial charge on any atom is 0.164 e. The van der Waals surface area contributed by atoms with E-state index in [1.807, 2.05) is 84.9 Å². The predicted molar refractivity (Wildman–Crippen MR) is 205 cm³/mol. The van der Waals surface area contributed by atoms with Crippen molar-refractivity contribution in [1.29, 1.82) is 0 Å². The monoisotopic (exact) mass is 654 g/mol. The van der Waals surface area contributed by atoms with Gasteiger partial charge in [-0.15, -0.1) is 0 Å². The summed E-state index contributed by atoms with van der Waals surface area (Å²) in [6.45, 7) is 0. The summed E-state index contributed by atoms with van der Waals surface area (Å²) in [7, 11) is 0. The van der Waals surface area contributed by atoms with Crippen LogP contribution in [0.15, 0.2) is 167 Å². The Kier molecular flexibility index (Phi) is 5.86. The molecule has 0 N–H and O–H groups in total. The highest BCUT2D eigenvalue weighted by atomic mass is 16.3. The highest BCUT2D eigenvalue weighted by molar-refractivity contribution is 6.26. The van der Waals surface area contributed by atoms with Crippen LogP contribution in [0.2, 0.25) is 0 Å². The lowest BCUT2D eigenvalue weighted by Crippen LogP contribution is -2.00. The minimum Gasteiger partial charge on any atom is -0.456 e. The minimum absolute atomic E-state index is 0.596. The highest BCUT2D eigenvalue weighted by Gasteiger charge is 2.20. The van der Waals surface area contributed by atoms with Gasteiger partial charge in [0.2, 0.25) is 0 Å². The number of furan rings is 2. The Bertz CT molecular complexity index is 3030. The summed E-state index contributed by atoms with van der Waals surface area (Å²) in [5.74, 6) is 1.84. The Morgan fingerprint density at radius 2 is 0.863 bits per heavy atom. The van der Waals surface area contributed by atoms with Gasteiger partial charge in [0.15, 0.2) is 17.5 Å². The molecule has 0 bridgehead atoms. The molecule has 11 aromatic rings. The molecular formula is C45H26N4O2.